The predicted molar refractivity (Wildman–Crippen MR) is 120 cm³/mol. The molecule has 2 N–H and O–H groups in total. The molecule has 0 saturated carbocycles. The number of imidazole rings is 1. The molecule has 0 spiro atoms. The van der Waals surface area contributed by atoms with Crippen molar-refractivity contribution in [2.75, 3.05) is 10.6 Å². The Morgan fingerprint density at radius 2 is 1.81 bits per heavy atom. The van der Waals surface area contributed by atoms with Gasteiger partial charge >= 0.3 is 0 Å². The number of carbonyl (C=O) groups excluding carboxylic acids is 1. The molecule has 3 aromatic carbocycles. The number of fused-ring (bicyclic) bond motifs is 3. The lowest BCUT2D eigenvalue weighted by Gasteiger charge is -2.30. The highest BCUT2D eigenvalue weighted by atomic mass is 19.1. The maximum atomic E-state index is 14.2. The zero-order valence-corrected chi connectivity index (χ0v) is 17.2. The molecule has 5 rings (SSSR count). The molecule has 1 aliphatic rings. The minimum absolute atomic E-state index is 0.244. The van der Waals surface area contributed by atoms with E-state index in [-0.39, 0.29) is 11.7 Å². The van der Waals surface area contributed by atoms with Crippen LogP contribution >= 0.6 is 0 Å². The zero-order chi connectivity index (χ0) is 21.5. The van der Waals surface area contributed by atoms with Crippen molar-refractivity contribution in [3.05, 3.63) is 101 Å². The van der Waals surface area contributed by atoms with Gasteiger partial charge in [-0.1, -0.05) is 42.0 Å². The molecule has 1 atom stereocenters. The SMILES string of the molecule is CC1=C(C(=O)Nc2ccc(C)cc2)[C@H](c2cccc(F)c2)n2c(nc3ccccc32)N1. The van der Waals surface area contributed by atoms with E-state index in [1.165, 1.54) is 12.1 Å². The third-order valence-corrected chi connectivity index (χ3v) is 5.55. The second kappa shape index (κ2) is 7.40. The molecule has 0 bridgehead atoms. The van der Waals surface area contributed by atoms with Crippen LogP contribution in [0, 0.1) is 12.7 Å². The Kier molecular flexibility index (Phi) is 4.55. The summed E-state index contributed by atoms with van der Waals surface area (Å²) < 4.78 is 16.2. The number of allylic oxidation sites excluding steroid dienone is 1. The summed E-state index contributed by atoms with van der Waals surface area (Å²) in [6.45, 7) is 3.84. The van der Waals surface area contributed by atoms with Crippen molar-refractivity contribution in [1.82, 2.24) is 9.55 Å². The molecule has 4 aromatic rings. The summed E-state index contributed by atoms with van der Waals surface area (Å²) >= 11 is 0. The fourth-order valence-corrected chi connectivity index (χ4v) is 4.09. The van der Waals surface area contributed by atoms with Crippen molar-refractivity contribution < 1.29 is 9.18 Å². The first-order valence-corrected chi connectivity index (χ1v) is 10.1. The Morgan fingerprint density at radius 1 is 1.03 bits per heavy atom. The number of amides is 1. The molecule has 154 valence electrons. The number of carbonyl (C=O) groups is 1. The molecule has 0 unspecified atom stereocenters. The number of benzene rings is 3. The van der Waals surface area contributed by atoms with Crippen molar-refractivity contribution in [3.8, 4) is 0 Å². The van der Waals surface area contributed by atoms with Gasteiger partial charge in [0.1, 0.15) is 5.82 Å². The van der Waals surface area contributed by atoms with Gasteiger partial charge in [-0.2, -0.15) is 0 Å². The van der Waals surface area contributed by atoms with Gasteiger partial charge in [-0.15, -0.1) is 0 Å². The second-order valence-corrected chi connectivity index (χ2v) is 7.74. The maximum Gasteiger partial charge on any atom is 0.255 e. The molecule has 0 radical (unpaired) electrons. The zero-order valence-electron chi connectivity index (χ0n) is 17.2. The number of halogens is 1. The van der Waals surface area contributed by atoms with Crippen molar-refractivity contribution in [2.24, 2.45) is 0 Å². The molecule has 1 amide bonds. The third-order valence-electron chi connectivity index (χ3n) is 5.55. The Balaban J connectivity index is 1.66. The lowest BCUT2D eigenvalue weighted by Crippen LogP contribution is -2.31. The van der Waals surface area contributed by atoms with Gasteiger partial charge in [-0.3, -0.25) is 9.36 Å². The molecule has 6 heteroatoms. The van der Waals surface area contributed by atoms with Crippen LogP contribution in [0.25, 0.3) is 11.0 Å². The van der Waals surface area contributed by atoms with Crippen LogP contribution in [0.2, 0.25) is 0 Å². The summed E-state index contributed by atoms with van der Waals surface area (Å²) in [5.74, 6) is 0.0318. The van der Waals surface area contributed by atoms with E-state index in [0.29, 0.717) is 28.5 Å². The first-order valence-electron chi connectivity index (χ1n) is 10.1. The largest absolute Gasteiger partial charge is 0.329 e. The van der Waals surface area contributed by atoms with Gasteiger partial charge in [0.05, 0.1) is 22.6 Å². The Hall–Kier alpha value is -3.93. The van der Waals surface area contributed by atoms with Gasteiger partial charge < -0.3 is 10.6 Å². The third kappa shape index (κ3) is 3.36. The molecule has 2 heterocycles. The summed E-state index contributed by atoms with van der Waals surface area (Å²) in [5.41, 5.74) is 5.37. The maximum absolute atomic E-state index is 14.2. The fourth-order valence-electron chi connectivity index (χ4n) is 4.09. The van der Waals surface area contributed by atoms with Crippen molar-refractivity contribution in [2.45, 2.75) is 19.9 Å². The lowest BCUT2D eigenvalue weighted by atomic mass is 9.94. The fraction of sp³-hybridized carbons (Fsp3) is 0.120. The van der Waals surface area contributed by atoms with Gasteiger partial charge in [-0.05, 0) is 55.8 Å². The summed E-state index contributed by atoms with van der Waals surface area (Å²) in [4.78, 5) is 18.1. The van der Waals surface area contributed by atoms with Gasteiger partial charge in [0, 0.05) is 11.4 Å². The topological polar surface area (TPSA) is 59.0 Å². The molecule has 31 heavy (non-hydrogen) atoms. The van der Waals surface area contributed by atoms with E-state index in [1.807, 2.05) is 73.0 Å². The minimum atomic E-state index is -0.523. The number of hydrogen-bond donors (Lipinski definition) is 2. The van der Waals surface area contributed by atoms with Gasteiger partial charge in [-0.25, -0.2) is 9.37 Å². The van der Waals surface area contributed by atoms with Crippen molar-refractivity contribution in [3.63, 3.8) is 0 Å². The van der Waals surface area contributed by atoms with Gasteiger partial charge in [0.25, 0.3) is 5.91 Å². The van der Waals surface area contributed by atoms with E-state index < -0.39 is 6.04 Å². The Morgan fingerprint density at radius 3 is 2.58 bits per heavy atom. The van der Waals surface area contributed by atoms with Crippen molar-refractivity contribution >= 4 is 28.6 Å². The first kappa shape index (κ1) is 19.1. The lowest BCUT2D eigenvalue weighted by molar-refractivity contribution is -0.113. The molecular weight excluding hydrogens is 391 g/mol. The number of nitrogens with one attached hydrogen (secondary N) is 2. The molecule has 0 fully saturated rings. The summed E-state index contributed by atoms with van der Waals surface area (Å²) in [6.07, 6.45) is 0. The number of para-hydroxylation sites is 2. The Labute approximate surface area is 179 Å². The van der Waals surface area contributed by atoms with Crippen LogP contribution in [-0.2, 0) is 4.79 Å². The monoisotopic (exact) mass is 412 g/mol. The van der Waals surface area contributed by atoms with Crippen LogP contribution in [0.5, 0.6) is 0 Å². The average molecular weight is 412 g/mol. The number of anilines is 2. The smallest absolute Gasteiger partial charge is 0.255 e. The standard InChI is InChI=1S/C25H21FN4O/c1-15-10-12-19(13-11-15)28-24(31)22-16(2)27-25-29-20-8-3-4-9-21(20)30(25)23(22)17-6-5-7-18(26)14-17/h3-14,23H,1-2H3,(H,27,29)(H,28,31)/t23-/m0/s1. The summed E-state index contributed by atoms with van der Waals surface area (Å²) in [6, 6.07) is 21.2. The molecule has 0 saturated heterocycles. The second-order valence-electron chi connectivity index (χ2n) is 7.74. The summed E-state index contributed by atoms with van der Waals surface area (Å²) in [5, 5.41) is 6.26. The average Bonchev–Trinajstić information content (AvgIpc) is 3.12. The number of aryl methyl sites for hydroxylation is 1. The van der Waals surface area contributed by atoms with Crippen LogP contribution in [0.1, 0.15) is 24.1 Å². The van der Waals surface area contributed by atoms with E-state index >= 15 is 0 Å². The molecule has 5 nitrogen and oxygen atoms in total. The van der Waals surface area contributed by atoms with Crippen LogP contribution in [-0.4, -0.2) is 15.5 Å². The number of aromatic nitrogens is 2. The van der Waals surface area contributed by atoms with Crippen LogP contribution in [0.3, 0.4) is 0 Å². The molecule has 0 aliphatic carbocycles. The number of hydrogen-bond acceptors (Lipinski definition) is 3. The number of rotatable bonds is 3. The Bertz CT molecular complexity index is 1340. The normalized spacial score (nSPS) is 15.5. The van der Waals surface area contributed by atoms with Crippen LogP contribution in [0.15, 0.2) is 84.1 Å². The van der Waals surface area contributed by atoms with E-state index in [2.05, 4.69) is 15.6 Å². The number of nitrogens with zero attached hydrogens (tertiary/aromatic N) is 2. The minimum Gasteiger partial charge on any atom is -0.329 e. The van der Waals surface area contributed by atoms with E-state index in [4.69, 9.17) is 0 Å². The first-order chi connectivity index (χ1) is 15.0. The molecule has 1 aliphatic heterocycles. The predicted octanol–water partition coefficient (Wildman–Crippen LogP) is 5.41. The van der Waals surface area contributed by atoms with Gasteiger partial charge in [0.2, 0.25) is 5.95 Å². The highest BCUT2D eigenvalue weighted by Crippen LogP contribution is 2.39. The van der Waals surface area contributed by atoms with E-state index in [9.17, 15) is 9.18 Å². The van der Waals surface area contributed by atoms with Crippen LogP contribution in [0.4, 0.5) is 16.0 Å². The highest BCUT2D eigenvalue weighted by Gasteiger charge is 2.34. The molecule has 1 aromatic heterocycles. The quantitative estimate of drug-likeness (QED) is 0.473. The molecular formula is C25H21FN4O. The van der Waals surface area contributed by atoms with E-state index in [0.717, 1.165) is 16.6 Å². The van der Waals surface area contributed by atoms with Crippen molar-refractivity contribution in [1.29, 1.82) is 0 Å². The van der Waals surface area contributed by atoms with Crippen LogP contribution < -0.4 is 10.6 Å². The highest BCUT2D eigenvalue weighted by molar-refractivity contribution is 6.06. The van der Waals surface area contributed by atoms with E-state index in [1.54, 1.807) is 6.07 Å². The summed E-state index contributed by atoms with van der Waals surface area (Å²) in [7, 11) is 0. The van der Waals surface area contributed by atoms with Gasteiger partial charge in [0.15, 0.2) is 0 Å².